The van der Waals surface area contributed by atoms with E-state index in [4.69, 9.17) is 21.1 Å². The van der Waals surface area contributed by atoms with Gasteiger partial charge in [-0.1, -0.05) is 35.9 Å². The van der Waals surface area contributed by atoms with Crippen molar-refractivity contribution in [2.45, 2.75) is 25.3 Å². The number of nitrogens with one attached hydrogen (secondary N) is 1. The molecule has 1 heterocycles. The quantitative estimate of drug-likeness (QED) is 0.738. The van der Waals surface area contributed by atoms with Crippen LogP contribution in [0.25, 0.3) is 0 Å². The van der Waals surface area contributed by atoms with Crippen LogP contribution in [0.15, 0.2) is 42.5 Å². The number of methoxy groups -OCH3 is 2. The molecule has 0 saturated heterocycles. The van der Waals surface area contributed by atoms with Gasteiger partial charge >= 0.3 is 0 Å². The molecule has 2 aliphatic rings. The van der Waals surface area contributed by atoms with Crippen LogP contribution in [0, 0.1) is 12.8 Å². The van der Waals surface area contributed by atoms with Crippen LogP contribution in [0.4, 0.5) is 5.69 Å². The summed E-state index contributed by atoms with van der Waals surface area (Å²) < 4.78 is 11.2. The highest BCUT2D eigenvalue weighted by atomic mass is 35.5. The van der Waals surface area contributed by atoms with E-state index >= 15 is 0 Å². The number of hydrogen-bond acceptors (Lipinski definition) is 3. The van der Waals surface area contributed by atoms with Crippen LogP contribution in [-0.4, -0.2) is 14.2 Å². The minimum Gasteiger partial charge on any atom is -0.493 e. The van der Waals surface area contributed by atoms with Crippen molar-refractivity contribution in [1.82, 2.24) is 0 Å². The molecule has 0 amide bonds. The lowest BCUT2D eigenvalue weighted by atomic mass is 9.76. The van der Waals surface area contributed by atoms with Gasteiger partial charge in [-0.3, -0.25) is 0 Å². The van der Waals surface area contributed by atoms with Crippen LogP contribution in [0.2, 0.25) is 5.02 Å². The first-order chi connectivity index (χ1) is 12.1. The molecule has 3 atom stereocenters. The minimum absolute atomic E-state index is 0.164. The highest BCUT2D eigenvalue weighted by Crippen LogP contribution is 2.53. The molecule has 2 aromatic carbocycles. The second-order valence-corrected chi connectivity index (χ2v) is 7.18. The van der Waals surface area contributed by atoms with Crippen molar-refractivity contribution in [2.75, 3.05) is 19.5 Å². The summed E-state index contributed by atoms with van der Waals surface area (Å²) in [6, 6.07) is 10.4. The number of benzene rings is 2. The molecule has 4 rings (SSSR count). The molecule has 25 heavy (non-hydrogen) atoms. The van der Waals surface area contributed by atoms with Crippen LogP contribution in [0.5, 0.6) is 11.5 Å². The van der Waals surface area contributed by atoms with Crippen LogP contribution in [0.3, 0.4) is 0 Å². The van der Waals surface area contributed by atoms with Crippen molar-refractivity contribution in [3.8, 4) is 11.5 Å². The summed E-state index contributed by atoms with van der Waals surface area (Å²) in [5.41, 5.74) is 4.79. The van der Waals surface area contributed by atoms with Gasteiger partial charge in [0.25, 0.3) is 0 Å². The molecule has 1 aliphatic heterocycles. The van der Waals surface area contributed by atoms with E-state index in [1.165, 1.54) is 16.8 Å². The minimum atomic E-state index is 0.164. The number of hydrogen-bond donors (Lipinski definition) is 1. The van der Waals surface area contributed by atoms with Gasteiger partial charge in [0.2, 0.25) is 0 Å². The molecule has 0 aromatic heterocycles. The third-order valence-electron chi connectivity index (χ3n) is 5.40. The molecule has 0 bridgehead atoms. The predicted octanol–water partition coefficient (Wildman–Crippen LogP) is 5.49. The van der Waals surface area contributed by atoms with Crippen LogP contribution >= 0.6 is 11.6 Å². The Morgan fingerprint density at radius 2 is 1.96 bits per heavy atom. The van der Waals surface area contributed by atoms with Gasteiger partial charge in [0.15, 0.2) is 11.5 Å². The monoisotopic (exact) mass is 355 g/mol. The Morgan fingerprint density at radius 1 is 1.12 bits per heavy atom. The van der Waals surface area contributed by atoms with E-state index in [-0.39, 0.29) is 6.04 Å². The number of anilines is 1. The normalized spacial score (nSPS) is 23.6. The summed E-state index contributed by atoms with van der Waals surface area (Å²) in [4.78, 5) is 0. The Hall–Kier alpha value is -2.13. The summed E-state index contributed by atoms with van der Waals surface area (Å²) in [6.07, 6.45) is 5.63. The average Bonchev–Trinajstić information content (AvgIpc) is 3.10. The number of ether oxygens (including phenoxy) is 2. The number of para-hydroxylation sites is 1. The fraction of sp³-hybridized carbons (Fsp3) is 0.333. The Morgan fingerprint density at radius 3 is 2.72 bits per heavy atom. The van der Waals surface area contributed by atoms with Crippen molar-refractivity contribution >= 4 is 17.3 Å². The van der Waals surface area contributed by atoms with Crippen molar-refractivity contribution < 1.29 is 9.47 Å². The Labute approximate surface area is 153 Å². The molecule has 1 N–H and O–H groups in total. The van der Waals surface area contributed by atoms with Gasteiger partial charge in [0.05, 0.1) is 20.3 Å². The van der Waals surface area contributed by atoms with E-state index in [0.717, 1.165) is 28.5 Å². The first kappa shape index (κ1) is 16.3. The van der Waals surface area contributed by atoms with Gasteiger partial charge in [-0.15, -0.1) is 0 Å². The van der Waals surface area contributed by atoms with E-state index in [1.54, 1.807) is 14.2 Å². The van der Waals surface area contributed by atoms with Crippen molar-refractivity contribution in [3.63, 3.8) is 0 Å². The van der Waals surface area contributed by atoms with Crippen molar-refractivity contribution in [2.24, 2.45) is 5.92 Å². The maximum atomic E-state index is 6.32. The summed E-state index contributed by atoms with van der Waals surface area (Å²) in [5.74, 6) is 2.38. The van der Waals surface area contributed by atoms with Gasteiger partial charge in [-0.05, 0) is 48.6 Å². The molecular weight excluding hydrogens is 334 g/mol. The van der Waals surface area contributed by atoms with Crippen molar-refractivity contribution in [3.05, 3.63) is 64.2 Å². The topological polar surface area (TPSA) is 30.5 Å². The SMILES string of the molecule is COc1cccc([C@@H]2Nc3c(C)cc(Cl)cc3[C@H]3C=CC[C@@H]32)c1OC. The maximum absolute atomic E-state index is 6.32. The summed E-state index contributed by atoms with van der Waals surface area (Å²) in [5, 5.41) is 4.57. The number of fused-ring (bicyclic) bond motifs is 3. The Bertz CT molecular complexity index is 846. The molecule has 0 saturated carbocycles. The fourth-order valence-electron chi connectivity index (χ4n) is 4.31. The number of allylic oxidation sites excluding steroid dienone is 2. The van der Waals surface area contributed by atoms with Gasteiger partial charge in [-0.2, -0.15) is 0 Å². The summed E-state index contributed by atoms with van der Waals surface area (Å²) in [6.45, 7) is 2.11. The zero-order valence-electron chi connectivity index (χ0n) is 14.7. The average molecular weight is 356 g/mol. The fourth-order valence-corrected chi connectivity index (χ4v) is 4.59. The first-order valence-corrected chi connectivity index (χ1v) is 8.96. The molecule has 4 heteroatoms. The third kappa shape index (κ3) is 2.58. The molecule has 1 aliphatic carbocycles. The van der Waals surface area contributed by atoms with Crippen LogP contribution in [0.1, 0.15) is 35.1 Å². The number of aryl methyl sites for hydroxylation is 1. The first-order valence-electron chi connectivity index (χ1n) is 8.58. The summed E-state index contributed by atoms with van der Waals surface area (Å²) >= 11 is 6.32. The van der Waals surface area contributed by atoms with E-state index < -0.39 is 0 Å². The highest BCUT2D eigenvalue weighted by molar-refractivity contribution is 6.30. The van der Waals surface area contributed by atoms with Crippen LogP contribution < -0.4 is 14.8 Å². The zero-order valence-corrected chi connectivity index (χ0v) is 15.4. The highest BCUT2D eigenvalue weighted by Gasteiger charge is 2.40. The molecule has 0 unspecified atom stereocenters. The van der Waals surface area contributed by atoms with Gasteiger partial charge in [-0.25, -0.2) is 0 Å². The molecule has 0 radical (unpaired) electrons. The Kier molecular flexibility index (Phi) is 4.12. The molecule has 0 fully saturated rings. The molecule has 130 valence electrons. The summed E-state index contributed by atoms with van der Waals surface area (Å²) in [7, 11) is 3.38. The predicted molar refractivity (Wildman–Crippen MR) is 102 cm³/mol. The van der Waals surface area contributed by atoms with Gasteiger partial charge in [0.1, 0.15) is 0 Å². The van der Waals surface area contributed by atoms with E-state index in [2.05, 4.69) is 36.5 Å². The maximum Gasteiger partial charge on any atom is 0.165 e. The lowest BCUT2D eigenvalue weighted by Crippen LogP contribution is -2.30. The standard InChI is InChI=1S/C21H22ClNO2/c1-12-10-13(22)11-17-14-6-4-7-15(14)20(23-19(12)17)16-8-5-9-18(24-2)21(16)25-3/h4-6,8-11,14-15,20,23H,7H2,1-3H3/t14-,15-,20+/m0/s1. The number of rotatable bonds is 3. The van der Waals surface area contributed by atoms with Crippen molar-refractivity contribution in [1.29, 1.82) is 0 Å². The van der Waals surface area contributed by atoms with Gasteiger partial charge < -0.3 is 14.8 Å². The largest absolute Gasteiger partial charge is 0.493 e. The lowest BCUT2D eigenvalue weighted by molar-refractivity contribution is 0.341. The smallest absolute Gasteiger partial charge is 0.165 e. The van der Waals surface area contributed by atoms with E-state index in [9.17, 15) is 0 Å². The van der Waals surface area contributed by atoms with E-state index in [0.29, 0.717) is 11.8 Å². The zero-order chi connectivity index (χ0) is 17.6. The lowest BCUT2D eigenvalue weighted by Gasteiger charge is -2.39. The number of halogens is 1. The third-order valence-corrected chi connectivity index (χ3v) is 5.62. The van der Waals surface area contributed by atoms with Crippen LogP contribution in [-0.2, 0) is 0 Å². The second kappa shape index (κ2) is 6.30. The van der Waals surface area contributed by atoms with E-state index in [1.807, 2.05) is 18.2 Å². The van der Waals surface area contributed by atoms with Gasteiger partial charge in [0, 0.05) is 22.2 Å². The molecular formula is C21H22ClNO2. The molecule has 2 aromatic rings. The Balaban J connectivity index is 1.85. The second-order valence-electron chi connectivity index (χ2n) is 6.75. The molecule has 0 spiro atoms. The molecule has 3 nitrogen and oxygen atoms in total.